The summed E-state index contributed by atoms with van der Waals surface area (Å²) < 4.78 is 27.6. The Bertz CT molecular complexity index is 1050. The summed E-state index contributed by atoms with van der Waals surface area (Å²) in [5.41, 5.74) is 3.34. The first-order valence-electron chi connectivity index (χ1n) is 10.8. The summed E-state index contributed by atoms with van der Waals surface area (Å²) in [6.07, 6.45) is 3.48. The molecule has 1 aliphatic heterocycles. The highest BCUT2D eigenvalue weighted by molar-refractivity contribution is 7.89. The van der Waals surface area contributed by atoms with Crippen LogP contribution in [0, 0.1) is 0 Å². The van der Waals surface area contributed by atoms with E-state index in [1.54, 1.807) is 16.4 Å². The van der Waals surface area contributed by atoms with E-state index in [9.17, 15) is 13.2 Å². The molecule has 0 spiro atoms. The minimum atomic E-state index is -3.47. The normalized spacial score (nSPS) is 17.5. The Kier molecular flexibility index (Phi) is 6.96. The maximum absolute atomic E-state index is 13.0. The molecule has 1 N–H and O–H groups in total. The first kappa shape index (κ1) is 22.3. The molecule has 0 unspecified atom stereocenters. The lowest BCUT2D eigenvalue weighted by Crippen LogP contribution is -2.49. The van der Waals surface area contributed by atoms with Crippen molar-refractivity contribution in [2.75, 3.05) is 32.7 Å². The van der Waals surface area contributed by atoms with Gasteiger partial charge in [0.25, 0.3) is 0 Å². The second-order valence-electron chi connectivity index (χ2n) is 8.15. The number of amides is 1. The molecule has 6 nitrogen and oxygen atoms in total. The molecule has 0 bridgehead atoms. The largest absolute Gasteiger partial charge is 0.352 e. The number of rotatable bonds is 7. The number of fused-ring (bicyclic) bond motifs is 1. The van der Waals surface area contributed by atoms with Gasteiger partial charge in [0, 0.05) is 50.7 Å². The van der Waals surface area contributed by atoms with Gasteiger partial charge in [-0.15, -0.1) is 0 Å². The molecule has 2 aromatic carbocycles. The van der Waals surface area contributed by atoms with Crippen LogP contribution >= 0.6 is 11.6 Å². The van der Waals surface area contributed by atoms with Crippen LogP contribution in [0.4, 0.5) is 0 Å². The minimum Gasteiger partial charge on any atom is -0.352 e. The number of hydrogen-bond acceptors (Lipinski definition) is 4. The Hall–Kier alpha value is -1.93. The highest BCUT2D eigenvalue weighted by Gasteiger charge is 2.29. The van der Waals surface area contributed by atoms with Crippen molar-refractivity contribution in [2.45, 2.75) is 37.1 Å². The lowest BCUT2D eigenvalue weighted by Gasteiger charge is -2.33. The van der Waals surface area contributed by atoms with Crippen LogP contribution in [0.15, 0.2) is 47.4 Å². The van der Waals surface area contributed by atoms with E-state index >= 15 is 0 Å². The molecular formula is C23H28ClN3O3S. The van der Waals surface area contributed by atoms with E-state index in [4.69, 9.17) is 11.6 Å². The number of nitrogens with zero attached hydrogens (tertiary/aromatic N) is 2. The van der Waals surface area contributed by atoms with E-state index in [2.05, 4.69) is 10.2 Å². The van der Waals surface area contributed by atoms with Crippen LogP contribution < -0.4 is 5.32 Å². The lowest BCUT2D eigenvalue weighted by atomic mass is 10.1. The minimum absolute atomic E-state index is 0.0342. The van der Waals surface area contributed by atoms with Gasteiger partial charge in [-0.25, -0.2) is 8.42 Å². The molecule has 0 saturated carbocycles. The summed E-state index contributed by atoms with van der Waals surface area (Å²) in [4.78, 5) is 14.7. The maximum Gasteiger partial charge on any atom is 0.243 e. The van der Waals surface area contributed by atoms with E-state index in [-0.39, 0.29) is 5.91 Å². The Morgan fingerprint density at radius 3 is 2.52 bits per heavy atom. The molecule has 0 radical (unpaired) electrons. The topological polar surface area (TPSA) is 69.7 Å². The summed E-state index contributed by atoms with van der Waals surface area (Å²) in [6.45, 7) is 3.16. The van der Waals surface area contributed by atoms with E-state index < -0.39 is 10.0 Å². The standard InChI is InChI=1S/C23H28ClN3O3S/c24-22-7-2-1-4-20(22)17-25-23(28)10-11-26-12-14-27(15-13-26)31(29,30)21-9-8-18-5-3-6-19(18)16-21/h1-2,4,7-9,16H,3,5-6,10-15,17H2,(H,25,28). The van der Waals surface area contributed by atoms with Crippen LogP contribution in [-0.2, 0) is 34.2 Å². The molecule has 1 amide bonds. The van der Waals surface area contributed by atoms with E-state index in [0.717, 1.165) is 24.8 Å². The zero-order chi connectivity index (χ0) is 21.8. The van der Waals surface area contributed by atoms with Gasteiger partial charge >= 0.3 is 0 Å². The molecule has 0 aromatic heterocycles. The zero-order valence-electron chi connectivity index (χ0n) is 17.5. The van der Waals surface area contributed by atoms with Gasteiger partial charge in [-0.05, 0) is 54.2 Å². The molecule has 0 atom stereocenters. The van der Waals surface area contributed by atoms with Crippen molar-refractivity contribution >= 4 is 27.5 Å². The van der Waals surface area contributed by atoms with Crippen molar-refractivity contribution in [1.29, 1.82) is 0 Å². The van der Waals surface area contributed by atoms with Gasteiger partial charge in [-0.1, -0.05) is 35.9 Å². The van der Waals surface area contributed by atoms with Crippen molar-refractivity contribution in [3.8, 4) is 0 Å². The quantitative estimate of drug-likeness (QED) is 0.688. The molecule has 8 heteroatoms. The molecule has 1 aliphatic carbocycles. The summed E-state index contributed by atoms with van der Waals surface area (Å²) in [6, 6.07) is 13.0. The third kappa shape index (κ3) is 5.29. The molecule has 1 fully saturated rings. The van der Waals surface area contributed by atoms with Crippen LogP contribution in [-0.4, -0.2) is 56.3 Å². The van der Waals surface area contributed by atoms with Crippen molar-refractivity contribution in [1.82, 2.24) is 14.5 Å². The third-order valence-electron chi connectivity index (χ3n) is 6.13. The van der Waals surface area contributed by atoms with E-state index in [1.807, 2.05) is 30.3 Å². The highest BCUT2D eigenvalue weighted by atomic mass is 35.5. The Morgan fingerprint density at radius 1 is 1.00 bits per heavy atom. The Morgan fingerprint density at radius 2 is 1.74 bits per heavy atom. The Balaban J connectivity index is 1.24. The van der Waals surface area contributed by atoms with Crippen molar-refractivity contribution < 1.29 is 13.2 Å². The van der Waals surface area contributed by atoms with Crippen LogP contribution in [0.5, 0.6) is 0 Å². The molecule has 1 heterocycles. The first-order chi connectivity index (χ1) is 14.9. The predicted octanol–water partition coefficient (Wildman–Crippen LogP) is 2.84. The average Bonchev–Trinajstić information content (AvgIpc) is 3.25. The van der Waals surface area contributed by atoms with E-state index in [0.29, 0.717) is 55.6 Å². The first-order valence-corrected chi connectivity index (χ1v) is 12.6. The molecule has 4 rings (SSSR count). The lowest BCUT2D eigenvalue weighted by molar-refractivity contribution is -0.121. The van der Waals surface area contributed by atoms with Crippen molar-refractivity contribution in [3.05, 3.63) is 64.2 Å². The molecular weight excluding hydrogens is 434 g/mol. The molecule has 1 saturated heterocycles. The van der Waals surface area contributed by atoms with Gasteiger partial charge in [-0.3, -0.25) is 4.79 Å². The van der Waals surface area contributed by atoms with Crippen molar-refractivity contribution in [2.24, 2.45) is 0 Å². The number of nitrogens with one attached hydrogen (secondary N) is 1. The number of benzene rings is 2. The van der Waals surface area contributed by atoms with Crippen LogP contribution in [0.2, 0.25) is 5.02 Å². The predicted molar refractivity (Wildman–Crippen MR) is 122 cm³/mol. The Labute approximate surface area is 189 Å². The number of aryl methyl sites for hydroxylation is 2. The SMILES string of the molecule is O=C(CCN1CCN(S(=O)(=O)c2ccc3c(c2)CCC3)CC1)NCc1ccccc1Cl. The van der Waals surface area contributed by atoms with Crippen LogP contribution in [0.3, 0.4) is 0 Å². The third-order valence-corrected chi connectivity index (χ3v) is 8.39. The van der Waals surface area contributed by atoms with E-state index in [1.165, 1.54) is 11.1 Å². The number of hydrogen-bond donors (Lipinski definition) is 1. The van der Waals surface area contributed by atoms with Crippen LogP contribution in [0.1, 0.15) is 29.5 Å². The summed E-state index contributed by atoms with van der Waals surface area (Å²) in [5.74, 6) is -0.0342. The zero-order valence-corrected chi connectivity index (χ0v) is 19.1. The van der Waals surface area contributed by atoms with Gasteiger partial charge in [-0.2, -0.15) is 4.31 Å². The van der Waals surface area contributed by atoms with Gasteiger partial charge in [0.1, 0.15) is 0 Å². The van der Waals surface area contributed by atoms with Crippen LogP contribution in [0.25, 0.3) is 0 Å². The fourth-order valence-corrected chi connectivity index (χ4v) is 5.91. The monoisotopic (exact) mass is 461 g/mol. The molecule has 2 aromatic rings. The second-order valence-corrected chi connectivity index (χ2v) is 10.5. The maximum atomic E-state index is 13.0. The summed E-state index contributed by atoms with van der Waals surface area (Å²) >= 11 is 6.12. The number of piperazine rings is 1. The van der Waals surface area contributed by atoms with Crippen molar-refractivity contribution in [3.63, 3.8) is 0 Å². The molecule has 166 valence electrons. The van der Waals surface area contributed by atoms with Gasteiger partial charge in [0.15, 0.2) is 0 Å². The number of sulfonamides is 1. The number of carbonyl (C=O) groups is 1. The molecule has 2 aliphatic rings. The summed E-state index contributed by atoms with van der Waals surface area (Å²) in [5, 5.41) is 3.54. The smallest absolute Gasteiger partial charge is 0.243 e. The second kappa shape index (κ2) is 9.69. The molecule has 31 heavy (non-hydrogen) atoms. The summed E-state index contributed by atoms with van der Waals surface area (Å²) in [7, 11) is -3.47. The van der Waals surface area contributed by atoms with Gasteiger partial charge in [0.2, 0.25) is 15.9 Å². The number of halogens is 1. The van der Waals surface area contributed by atoms with Gasteiger partial charge < -0.3 is 10.2 Å². The fourth-order valence-electron chi connectivity index (χ4n) is 4.23. The highest BCUT2D eigenvalue weighted by Crippen LogP contribution is 2.26. The number of carbonyl (C=O) groups excluding carboxylic acids is 1. The van der Waals surface area contributed by atoms with Gasteiger partial charge in [0.05, 0.1) is 4.90 Å². The fraction of sp³-hybridized carbons (Fsp3) is 0.435. The average molecular weight is 462 g/mol.